The molecule has 3 N–H and O–H groups in total. The Hall–Kier alpha value is -2.70. The van der Waals surface area contributed by atoms with Gasteiger partial charge in [-0.25, -0.2) is 9.37 Å². The van der Waals surface area contributed by atoms with Gasteiger partial charge >= 0.3 is 0 Å². The van der Waals surface area contributed by atoms with Crippen molar-refractivity contribution >= 4 is 17.3 Å². The van der Waals surface area contributed by atoms with Crippen molar-refractivity contribution in [2.75, 3.05) is 12.3 Å². The first-order chi connectivity index (χ1) is 13.0. The van der Waals surface area contributed by atoms with Crippen LogP contribution in [0.2, 0.25) is 5.02 Å². The summed E-state index contributed by atoms with van der Waals surface area (Å²) in [7, 11) is 0. The molecule has 27 heavy (non-hydrogen) atoms. The Morgan fingerprint density at radius 3 is 2.74 bits per heavy atom. The zero-order valence-electron chi connectivity index (χ0n) is 14.5. The minimum absolute atomic E-state index is 0.101. The number of benzene rings is 2. The highest BCUT2D eigenvalue weighted by Gasteiger charge is 2.21. The van der Waals surface area contributed by atoms with E-state index in [2.05, 4.69) is 14.9 Å². The van der Waals surface area contributed by atoms with Crippen molar-refractivity contribution in [3.05, 3.63) is 80.5 Å². The predicted molar refractivity (Wildman–Crippen MR) is 104 cm³/mol. The Bertz CT molecular complexity index is 1050. The van der Waals surface area contributed by atoms with E-state index in [0.717, 1.165) is 28.9 Å². The van der Waals surface area contributed by atoms with Crippen LogP contribution in [0.5, 0.6) is 0 Å². The fraction of sp³-hybridized carbons (Fsp3) is 0.200. The number of nitrogens with one attached hydrogen (secondary N) is 1. The highest BCUT2D eigenvalue weighted by Crippen LogP contribution is 2.22. The minimum atomic E-state index is -0.425. The summed E-state index contributed by atoms with van der Waals surface area (Å²) in [5.74, 6) is 0.108. The lowest BCUT2D eigenvalue weighted by Crippen LogP contribution is -2.35. The molecule has 0 radical (unpaired) electrons. The van der Waals surface area contributed by atoms with Crippen LogP contribution in [-0.4, -0.2) is 21.4 Å². The van der Waals surface area contributed by atoms with Gasteiger partial charge in [0, 0.05) is 36.4 Å². The van der Waals surface area contributed by atoms with E-state index in [-0.39, 0.29) is 10.6 Å². The Labute approximate surface area is 160 Å². The van der Waals surface area contributed by atoms with E-state index in [9.17, 15) is 9.18 Å². The molecule has 1 aliphatic rings. The molecule has 0 saturated heterocycles. The van der Waals surface area contributed by atoms with Gasteiger partial charge < -0.3 is 10.7 Å². The molecule has 0 bridgehead atoms. The van der Waals surface area contributed by atoms with Crippen LogP contribution in [0.4, 0.5) is 10.1 Å². The van der Waals surface area contributed by atoms with Crippen LogP contribution < -0.4 is 11.3 Å². The van der Waals surface area contributed by atoms with E-state index in [1.165, 1.54) is 6.07 Å². The summed E-state index contributed by atoms with van der Waals surface area (Å²) < 4.78 is 13.3. The van der Waals surface area contributed by atoms with Crippen LogP contribution >= 0.6 is 11.6 Å². The maximum Gasteiger partial charge on any atom is 0.254 e. The summed E-state index contributed by atoms with van der Waals surface area (Å²) in [5, 5.41) is 0.116. The predicted octanol–water partition coefficient (Wildman–Crippen LogP) is 3.37. The molecule has 0 fully saturated rings. The van der Waals surface area contributed by atoms with E-state index >= 15 is 0 Å². The molecular weight excluding hydrogens is 367 g/mol. The van der Waals surface area contributed by atoms with E-state index < -0.39 is 5.82 Å². The maximum atomic E-state index is 13.3. The lowest BCUT2D eigenvalue weighted by Gasteiger charge is -2.27. The van der Waals surface area contributed by atoms with Crippen molar-refractivity contribution in [3.63, 3.8) is 0 Å². The number of H-pyrrole nitrogens is 1. The fourth-order valence-electron chi connectivity index (χ4n) is 3.30. The van der Waals surface area contributed by atoms with Crippen molar-refractivity contribution in [1.29, 1.82) is 0 Å². The van der Waals surface area contributed by atoms with Gasteiger partial charge in [-0.3, -0.25) is 9.69 Å². The number of aromatic nitrogens is 2. The number of fused-ring (bicyclic) bond motifs is 1. The summed E-state index contributed by atoms with van der Waals surface area (Å²) in [5.41, 5.74) is 9.51. The Balaban J connectivity index is 1.60. The maximum absolute atomic E-state index is 13.3. The second-order valence-corrected chi connectivity index (χ2v) is 7.08. The molecule has 7 heteroatoms. The number of anilines is 1. The lowest BCUT2D eigenvalue weighted by atomic mass is 10.0. The summed E-state index contributed by atoms with van der Waals surface area (Å²) >= 11 is 5.87. The molecule has 0 saturated carbocycles. The number of nitrogens with two attached hydrogens (primary N) is 1. The Morgan fingerprint density at radius 1 is 1.22 bits per heavy atom. The topological polar surface area (TPSA) is 75.0 Å². The average Bonchev–Trinajstić information content (AvgIpc) is 2.65. The van der Waals surface area contributed by atoms with Crippen LogP contribution in [0.1, 0.15) is 16.8 Å². The molecule has 138 valence electrons. The summed E-state index contributed by atoms with van der Waals surface area (Å²) in [6.07, 6.45) is 0.620. The molecule has 3 aromatic rings. The molecular formula is C20H18ClFN4O. The van der Waals surface area contributed by atoms with Crippen LogP contribution in [0.3, 0.4) is 0 Å². The molecule has 0 aliphatic carbocycles. The SMILES string of the molecule is Nc1ccc(-c2nc3c(c(=O)[nH]2)CCN(Cc2ccc(F)c(Cl)c2)C3)cc1. The van der Waals surface area contributed by atoms with Gasteiger partial charge in [0.2, 0.25) is 0 Å². The van der Waals surface area contributed by atoms with Crippen molar-refractivity contribution in [2.45, 2.75) is 19.5 Å². The van der Waals surface area contributed by atoms with Crippen LogP contribution in [0.25, 0.3) is 11.4 Å². The quantitative estimate of drug-likeness (QED) is 0.679. The normalized spacial score (nSPS) is 14.1. The Morgan fingerprint density at radius 2 is 2.00 bits per heavy atom. The first-order valence-corrected chi connectivity index (χ1v) is 9.01. The van der Waals surface area contributed by atoms with Gasteiger partial charge in [0.15, 0.2) is 0 Å². The molecule has 5 nitrogen and oxygen atoms in total. The summed E-state index contributed by atoms with van der Waals surface area (Å²) in [6, 6.07) is 12.0. The van der Waals surface area contributed by atoms with E-state index in [0.29, 0.717) is 31.0 Å². The first-order valence-electron chi connectivity index (χ1n) is 8.64. The van der Waals surface area contributed by atoms with Gasteiger partial charge in [-0.15, -0.1) is 0 Å². The number of aromatic amines is 1. The standard InChI is InChI=1S/C20H18ClFN4O/c21-16-9-12(1-6-17(16)22)10-26-8-7-15-18(11-26)24-19(25-20(15)27)13-2-4-14(23)5-3-13/h1-6,9H,7-8,10-11,23H2,(H,24,25,27). The van der Waals surface area contributed by atoms with Gasteiger partial charge in [0.1, 0.15) is 11.6 Å². The monoisotopic (exact) mass is 384 g/mol. The van der Waals surface area contributed by atoms with Gasteiger partial charge in [-0.1, -0.05) is 17.7 Å². The average molecular weight is 385 g/mol. The molecule has 0 amide bonds. The van der Waals surface area contributed by atoms with Gasteiger partial charge in [0.05, 0.1) is 10.7 Å². The van der Waals surface area contributed by atoms with Gasteiger partial charge in [-0.2, -0.15) is 0 Å². The highest BCUT2D eigenvalue weighted by atomic mass is 35.5. The largest absolute Gasteiger partial charge is 0.399 e. The molecule has 2 aromatic carbocycles. The third-order valence-electron chi connectivity index (χ3n) is 4.73. The molecule has 0 atom stereocenters. The van der Waals surface area contributed by atoms with Gasteiger partial charge in [-0.05, 0) is 48.4 Å². The smallest absolute Gasteiger partial charge is 0.254 e. The van der Waals surface area contributed by atoms with E-state index in [1.54, 1.807) is 24.3 Å². The van der Waals surface area contributed by atoms with Crippen molar-refractivity contribution in [1.82, 2.24) is 14.9 Å². The molecule has 4 rings (SSSR count). The third kappa shape index (κ3) is 3.72. The minimum Gasteiger partial charge on any atom is -0.399 e. The number of hydrogen-bond donors (Lipinski definition) is 2. The van der Waals surface area contributed by atoms with Crippen LogP contribution in [0, 0.1) is 5.82 Å². The van der Waals surface area contributed by atoms with Crippen LogP contribution in [-0.2, 0) is 19.5 Å². The second kappa shape index (κ2) is 7.13. The third-order valence-corrected chi connectivity index (χ3v) is 5.02. The second-order valence-electron chi connectivity index (χ2n) is 6.67. The lowest BCUT2D eigenvalue weighted by molar-refractivity contribution is 0.240. The Kier molecular flexibility index (Phi) is 4.68. The van der Waals surface area contributed by atoms with Crippen molar-refractivity contribution in [2.24, 2.45) is 0 Å². The highest BCUT2D eigenvalue weighted by molar-refractivity contribution is 6.30. The summed E-state index contributed by atoms with van der Waals surface area (Å²) in [6.45, 7) is 1.90. The number of nitrogens with zero attached hydrogens (tertiary/aromatic N) is 2. The number of halogens is 2. The number of nitrogen functional groups attached to an aromatic ring is 1. The number of rotatable bonds is 3. The van der Waals surface area contributed by atoms with E-state index in [1.807, 2.05) is 12.1 Å². The zero-order valence-corrected chi connectivity index (χ0v) is 15.3. The molecule has 0 spiro atoms. The molecule has 0 unspecified atom stereocenters. The molecule has 1 aliphatic heterocycles. The summed E-state index contributed by atoms with van der Waals surface area (Å²) in [4.78, 5) is 22.2. The zero-order chi connectivity index (χ0) is 19.0. The van der Waals surface area contributed by atoms with E-state index in [4.69, 9.17) is 17.3 Å². The van der Waals surface area contributed by atoms with Crippen molar-refractivity contribution < 1.29 is 4.39 Å². The van der Waals surface area contributed by atoms with Crippen LogP contribution in [0.15, 0.2) is 47.3 Å². The molecule has 1 aromatic heterocycles. The fourth-order valence-corrected chi connectivity index (χ4v) is 3.51. The molecule has 2 heterocycles. The van der Waals surface area contributed by atoms with Crippen molar-refractivity contribution in [3.8, 4) is 11.4 Å². The van der Waals surface area contributed by atoms with Gasteiger partial charge in [0.25, 0.3) is 5.56 Å². The number of hydrogen-bond acceptors (Lipinski definition) is 4. The first kappa shape index (κ1) is 17.7.